The molecule has 1 aromatic heterocycles. The van der Waals surface area contributed by atoms with Crippen molar-refractivity contribution in [2.24, 2.45) is 5.92 Å². The summed E-state index contributed by atoms with van der Waals surface area (Å²) in [6.45, 7) is 6.69. The third-order valence-corrected chi connectivity index (χ3v) is 3.45. The summed E-state index contributed by atoms with van der Waals surface area (Å²) in [6, 6.07) is 7.74. The maximum absolute atomic E-state index is 6.17. The highest BCUT2D eigenvalue weighted by molar-refractivity contribution is 6.35. The Labute approximate surface area is 125 Å². The Kier molecular flexibility index (Phi) is 5.62. The van der Waals surface area contributed by atoms with Crippen LogP contribution in [0.3, 0.4) is 0 Å². The van der Waals surface area contributed by atoms with E-state index in [1.54, 1.807) is 6.20 Å². The van der Waals surface area contributed by atoms with Gasteiger partial charge in [0.25, 0.3) is 0 Å². The fourth-order valence-corrected chi connectivity index (χ4v) is 2.17. The second-order valence-corrected chi connectivity index (χ2v) is 5.62. The molecule has 0 amide bonds. The molecule has 0 fully saturated rings. The van der Waals surface area contributed by atoms with Gasteiger partial charge in [-0.1, -0.05) is 25.4 Å². The summed E-state index contributed by atoms with van der Waals surface area (Å²) >= 11 is 6.17. The van der Waals surface area contributed by atoms with Crippen LogP contribution in [-0.4, -0.2) is 24.7 Å². The number of hydrogen-bond donors (Lipinski definition) is 1. The molecule has 4 heteroatoms. The molecule has 0 aliphatic carbocycles. The van der Waals surface area contributed by atoms with E-state index in [-0.39, 0.29) is 0 Å². The SMILES string of the molecule is CC(C)CCOCCNc1ccc(Cl)c2cccnc12. The number of rotatable bonds is 7. The molecule has 0 saturated heterocycles. The van der Waals surface area contributed by atoms with E-state index in [1.165, 1.54) is 0 Å². The van der Waals surface area contributed by atoms with Crippen LogP contribution in [0.5, 0.6) is 0 Å². The predicted molar refractivity (Wildman–Crippen MR) is 85.5 cm³/mol. The van der Waals surface area contributed by atoms with E-state index >= 15 is 0 Å². The largest absolute Gasteiger partial charge is 0.381 e. The van der Waals surface area contributed by atoms with Crippen molar-refractivity contribution in [1.29, 1.82) is 0 Å². The summed E-state index contributed by atoms with van der Waals surface area (Å²) < 4.78 is 5.59. The molecule has 0 aliphatic rings. The van der Waals surface area contributed by atoms with Crippen LogP contribution in [0.1, 0.15) is 20.3 Å². The van der Waals surface area contributed by atoms with Gasteiger partial charge >= 0.3 is 0 Å². The first-order valence-electron chi connectivity index (χ1n) is 7.03. The summed E-state index contributed by atoms with van der Waals surface area (Å²) in [4.78, 5) is 4.39. The number of fused-ring (bicyclic) bond motifs is 1. The maximum Gasteiger partial charge on any atom is 0.0948 e. The lowest BCUT2D eigenvalue weighted by Crippen LogP contribution is -2.11. The molecule has 3 nitrogen and oxygen atoms in total. The van der Waals surface area contributed by atoms with Gasteiger partial charge in [-0.15, -0.1) is 0 Å². The van der Waals surface area contributed by atoms with Crippen molar-refractivity contribution in [2.45, 2.75) is 20.3 Å². The Bertz CT molecular complexity index is 557. The lowest BCUT2D eigenvalue weighted by atomic mass is 10.1. The Hall–Kier alpha value is -1.32. The van der Waals surface area contributed by atoms with E-state index in [9.17, 15) is 0 Å². The lowest BCUT2D eigenvalue weighted by molar-refractivity contribution is 0.133. The van der Waals surface area contributed by atoms with Gasteiger partial charge in [0.2, 0.25) is 0 Å². The van der Waals surface area contributed by atoms with Crippen LogP contribution in [0.15, 0.2) is 30.5 Å². The van der Waals surface area contributed by atoms with Crippen LogP contribution in [0.4, 0.5) is 5.69 Å². The average Bonchev–Trinajstić information content (AvgIpc) is 2.45. The summed E-state index contributed by atoms with van der Waals surface area (Å²) in [5.74, 6) is 0.687. The first kappa shape index (κ1) is 15.1. The Balaban J connectivity index is 1.89. The molecule has 108 valence electrons. The quantitative estimate of drug-likeness (QED) is 0.770. The third kappa shape index (κ3) is 4.09. The van der Waals surface area contributed by atoms with Crippen molar-refractivity contribution in [3.05, 3.63) is 35.5 Å². The number of pyridine rings is 1. The van der Waals surface area contributed by atoms with Crippen LogP contribution in [0, 0.1) is 5.92 Å². The molecular formula is C16H21ClN2O. The zero-order chi connectivity index (χ0) is 14.4. The molecular weight excluding hydrogens is 272 g/mol. The zero-order valence-corrected chi connectivity index (χ0v) is 12.8. The number of aromatic nitrogens is 1. The van der Waals surface area contributed by atoms with E-state index in [1.807, 2.05) is 24.3 Å². The molecule has 0 radical (unpaired) electrons. The molecule has 0 unspecified atom stereocenters. The average molecular weight is 293 g/mol. The normalized spacial score (nSPS) is 11.2. The van der Waals surface area contributed by atoms with Crippen LogP contribution in [-0.2, 0) is 4.74 Å². The summed E-state index contributed by atoms with van der Waals surface area (Å²) in [5.41, 5.74) is 1.90. The standard InChI is InChI=1S/C16H21ClN2O/c1-12(2)7-10-20-11-9-18-15-6-5-14(17)13-4-3-8-19-16(13)15/h3-6,8,12,18H,7,9-11H2,1-2H3. The molecule has 0 aliphatic heterocycles. The van der Waals surface area contributed by atoms with Crippen molar-refractivity contribution in [2.75, 3.05) is 25.1 Å². The lowest BCUT2D eigenvalue weighted by Gasteiger charge is -2.11. The van der Waals surface area contributed by atoms with Gasteiger partial charge < -0.3 is 10.1 Å². The number of benzene rings is 1. The molecule has 1 heterocycles. The van der Waals surface area contributed by atoms with Gasteiger partial charge in [0, 0.05) is 24.7 Å². The molecule has 0 atom stereocenters. The smallest absolute Gasteiger partial charge is 0.0948 e. The van der Waals surface area contributed by atoms with Gasteiger partial charge in [-0.05, 0) is 36.6 Å². The van der Waals surface area contributed by atoms with Crippen molar-refractivity contribution >= 4 is 28.2 Å². The van der Waals surface area contributed by atoms with Gasteiger partial charge in [0.05, 0.1) is 22.8 Å². The van der Waals surface area contributed by atoms with E-state index in [2.05, 4.69) is 24.1 Å². The Morgan fingerprint density at radius 1 is 1.25 bits per heavy atom. The van der Waals surface area contributed by atoms with Crippen LogP contribution < -0.4 is 5.32 Å². The van der Waals surface area contributed by atoms with Gasteiger partial charge in [-0.3, -0.25) is 4.98 Å². The fraction of sp³-hybridized carbons (Fsp3) is 0.438. The fourth-order valence-electron chi connectivity index (χ4n) is 1.96. The Morgan fingerprint density at radius 2 is 2.10 bits per heavy atom. The third-order valence-electron chi connectivity index (χ3n) is 3.12. The van der Waals surface area contributed by atoms with Crippen LogP contribution >= 0.6 is 11.6 Å². The molecule has 0 saturated carbocycles. The number of anilines is 1. The van der Waals surface area contributed by atoms with Crippen molar-refractivity contribution in [1.82, 2.24) is 4.98 Å². The topological polar surface area (TPSA) is 34.1 Å². The minimum atomic E-state index is 0.687. The second-order valence-electron chi connectivity index (χ2n) is 5.22. The van der Waals surface area contributed by atoms with Crippen LogP contribution in [0.2, 0.25) is 5.02 Å². The van der Waals surface area contributed by atoms with Gasteiger partial charge in [0.15, 0.2) is 0 Å². The highest BCUT2D eigenvalue weighted by Crippen LogP contribution is 2.27. The highest BCUT2D eigenvalue weighted by Gasteiger charge is 2.04. The minimum absolute atomic E-state index is 0.687. The van der Waals surface area contributed by atoms with Crippen molar-refractivity contribution in [3.8, 4) is 0 Å². The Morgan fingerprint density at radius 3 is 2.90 bits per heavy atom. The molecule has 0 spiro atoms. The van der Waals surface area contributed by atoms with E-state index in [0.29, 0.717) is 12.5 Å². The van der Waals surface area contributed by atoms with Gasteiger partial charge in [-0.25, -0.2) is 0 Å². The number of nitrogens with zero attached hydrogens (tertiary/aromatic N) is 1. The van der Waals surface area contributed by atoms with Crippen molar-refractivity contribution < 1.29 is 4.74 Å². The zero-order valence-electron chi connectivity index (χ0n) is 12.0. The first-order valence-corrected chi connectivity index (χ1v) is 7.41. The number of hydrogen-bond acceptors (Lipinski definition) is 3. The first-order chi connectivity index (χ1) is 9.68. The maximum atomic E-state index is 6.17. The minimum Gasteiger partial charge on any atom is -0.381 e. The number of ether oxygens (including phenoxy) is 1. The van der Waals surface area contributed by atoms with Gasteiger partial charge in [-0.2, -0.15) is 0 Å². The molecule has 0 bridgehead atoms. The summed E-state index contributed by atoms with van der Waals surface area (Å²) in [7, 11) is 0. The number of nitrogens with one attached hydrogen (secondary N) is 1. The predicted octanol–water partition coefficient (Wildman–Crippen LogP) is 4.36. The molecule has 2 aromatic rings. The van der Waals surface area contributed by atoms with Gasteiger partial charge in [0.1, 0.15) is 0 Å². The monoisotopic (exact) mass is 292 g/mol. The summed E-state index contributed by atoms with van der Waals surface area (Å²) in [5, 5.41) is 5.06. The molecule has 2 rings (SSSR count). The van der Waals surface area contributed by atoms with E-state index in [4.69, 9.17) is 16.3 Å². The molecule has 20 heavy (non-hydrogen) atoms. The highest BCUT2D eigenvalue weighted by atomic mass is 35.5. The van der Waals surface area contributed by atoms with Crippen LogP contribution in [0.25, 0.3) is 10.9 Å². The van der Waals surface area contributed by atoms with E-state index in [0.717, 1.165) is 41.2 Å². The van der Waals surface area contributed by atoms with Crippen molar-refractivity contribution in [3.63, 3.8) is 0 Å². The molecule has 1 aromatic carbocycles. The molecule has 1 N–H and O–H groups in total. The second kappa shape index (κ2) is 7.46. The van der Waals surface area contributed by atoms with E-state index < -0.39 is 0 Å². The summed E-state index contributed by atoms with van der Waals surface area (Å²) in [6.07, 6.45) is 2.88. The number of halogens is 1.